The number of pyridine rings is 1. The van der Waals surface area contributed by atoms with Crippen molar-refractivity contribution in [2.75, 3.05) is 6.61 Å². The highest BCUT2D eigenvalue weighted by atomic mass is 19.4. The topological polar surface area (TPSA) is 48.1 Å². The summed E-state index contributed by atoms with van der Waals surface area (Å²) in [5, 5.41) is 0. The molecule has 1 aromatic rings. The Labute approximate surface area is 85.0 Å². The molecule has 0 radical (unpaired) electrons. The Bertz CT molecular complexity index is 310. The standard InChI is InChI=1S/C9H11F3N2O/c1-6(5-15-13)7-2-3-8(14-4-7)9(10,11)12/h2-4,6H,5,13H2,1H3. The minimum atomic E-state index is -4.40. The predicted molar refractivity (Wildman–Crippen MR) is 47.8 cm³/mol. The molecule has 0 bridgehead atoms. The molecular weight excluding hydrogens is 209 g/mol. The molecule has 3 nitrogen and oxygen atoms in total. The normalized spacial score (nSPS) is 13.9. The van der Waals surface area contributed by atoms with Crippen LogP contribution < -0.4 is 5.90 Å². The molecule has 1 atom stereocenters. The van der Waals surface area contributed by atoms with Gasteiger partial charge in [0, 0.05) is 12.1 Å². The number of nitrogens with zero attached hydrogens (tertiary/aromatic N) is 1. The van der Waals surface area contributed by atoms with Gasteiger partial charge in [0.1, 0.15) is 5.69 Å². The number of hydrogen-bond acceptors (Lipinski definition) is 3. The Morgan fingerprint density at radius 1 is 1.47 bits per heavy atom. The highest BCUT2D eigenvalue weighted by molar-refractivity contribution is 5.19. The van der Waals surface area contributed by atoms with E-state index in [9.17, 15) is 13.2 Å². The second kappa shape index (κ2) is 4.59. The monoisotopic (exact) mass is 220 g/mol. The zero-order valence-electron chi connectivity index (χ0n) is 8.08. The Balaban J connectivity index is 2.81. The molecule has 0 amide bonds. The zero-order chi connectivity index (χ0) is 11.5. The van der Waals surface area contributed by atoms with Gasteiger partial charge in [0.15, 0.2) is 0 Å². The Morgan fingerprint density at radius 2 is 2.13 bits per heavy atom. The second-order valence-corrected chi connectivity index (χ2v) is 3.21. The van der Waals surface area contributed by atoms with Crippen molar-refractivity contribution < 1.29 is 18.0 Å². The third-order valence-corrected chi connectivity index (χ3v) is 1.99. The summed E-state index contributed by atoms with van der Waals surface area (Å²) < 4.78 is 36.5. The van der Waals surface area contributed by atoms with Crippen LogP contribution in [0.25, 0.3) is 0 Å². The van der Waals surface area contributed by atoms with Crippen LogP contribution in [0, 0.1) is 0 Å². The van der Waals surface area contributed by atoms with Crippen molar-refractivity contribution in [1.29, 1.82) is 0 Å². The smallest absolute Gasteiger partial charge is 0.304 e. The first-order chi connectivity index (χ1) is 6.95. The molecule has 1 rings (SSSR count). The first-order valence-electron chi connectivity index (χ1n) is 4.30. The van der Waals surface area contributed by atoms with Gasteiger partial charge in [0.25, 0.3) is 0 Å². The van der Waals surface area contributed by atoms with E-state index in [2.05, 4.69) is 9.82 Å². The van der Waals surface area contributed by atoms with Gasteiger partial charge in [-0.3, -0.25) is 4.98 Å². The van der Waals surface area contributed by atoms with Gasteiger partial charge in [-0.25, -0.2) is 5.90 Å². The zero-order valence-corrected chi connectivity index (χ0v) is 8.08. The van der Waals surface area contributed by atoms with Crippen LogP contribution in [0.2, 0.25) is 0 Å². The molecule has 1 heterocycles. The van der Waals surface area contributed by atoms with Crippen molar-refractivity contribution in [3.8, 4) is 0 Å². The second-order valence-electron chi connectivity index (χ2n) is 3.21. The van der Waals surface area contributed by atoms with Crippen LogP contribution in [0.5, 0.6) is 0 Å². The number of aromatic nitrogens is 1. The summed E-state index contributed by atoms with van der Waals surface area (Å²) in [7, 11) is 0. The third kappa shape index (κ3) is 3.17. The van der Waals surface area contributed by atoms with Crippen LogP contribution in [0.4, 0.5) is 13.2 Å². The fraction of sp³-hybridized carbons (Fsp3) is 0.444. The molecule has 84 valence electrons. The quantitative estimate of drug-likeness (QED) is 0.793. The van der Waals surface area contributed by atoms with E-state index in [0.717, 1.165) is 6.07 Å². The number of alkyl halides is 3. The molecule has 15 heavy (non-hydrogen) atoms. The van der Waals surface area contributed by atoms with Crippen LogP contribution >= 0.6 is 0 Å². The molecule has 1 aromatic heterocycles. The third-order valence-electron chi connectivity index (χ3n) is 1.99. The van der Waals surface area contributed by atoms with Crippen molar-refractivity contribution in [2.45, 2.75) is 19.0 Å². The highest BCUT2D eigenvalue weighted by Crippen LogP contribution is 2.28. The van der Waals surface area contributed by atoms with Crippen molar-refractivity contribution in [3.63, 3.8) is 0 Å². The summed E-state index contributed by atoms with van der Waals surface area (Å²) in [4.78, 5) is 7.74. The lowest BCUT2D eigenvalue weighted by Crippen LogP contribution is -2.11. The SMILES string of the molecule is CC(CON)c1ccc(C(F)(F)F)nc1. The molecule has 0 saturated carbocycles. The van der Waals surface area contributed by atoms with E-state index in [4.69, 9.17) is 5.90 Å². The van der Waals surface area contributed by atoms with Gasteiger partial charge in [0.2, 0.25) is 0 Å². The lowest BCUT2D eigenvalue weighted by molar-refractivity contribution is -0.141. The number of halogens is 3. The molecule has 1 unspecified atom stereocenters. The van der Waals surface area contributed by atoms with Crippen LogP contribution in [0.3, 0.4) is 0 Å². The van der Waals surface area contributed by atoms with Gasteiger partial charge < -0.3 is 4.84 Å². The molecule has 0 saturated heterocycles. The molecule has 0 aliphatic rings. The molecule has 2 N–H and O–H groups in total. The van der Waals surface area contributed by atoms with Crippen LogP contribution in [-0.2, 0) is 11.0 Å². The van der Waals surface area contributed by atoms with Crippen molar-refractivity contribution >= 4 is 0 Å². The van der Waals surface area contributed by atoms with E-state index in [-0.39, 0.29) is 12.5 Å². The van der Waals surface area contributed by atoms with E-state index < -0.39 is 11.9 Å². The number of nitrogens with two attached hydrogens (primary N) is 1. The van der Waals surface area contributed by atoms with Crippen molar-refractivity contribution in [1.82, 2.24) is 4.98 Å². The van der Waals surface area contributed by atoms with E-state index in [1.54, 1.807) is 6.92 Å². The fourth-order valence-electron chi connectivity index (χ4n) is 1.11. The first kappa shape index (κ1) is 11.9. The molecule has 0 fully saturated rings. The van der Waals surface area contributed by atoms with E-state index in [1.165, 1.54) is 12.3 Å². The van der Waals surface area contributed by atoms with Gasteiger partial charge in [0.05, 0.1) is 6.61 Å². The van der Waals surface area contributed by atoms with Gasteiger partial charge in [-0.1, -0.05) is 13.0 Å². The summed E-state index contributed by atoms with van der Waals surface area (Å²) in [6, 6.07) is 2.32. The fourth-order valence-corrected chi connectivity index (χ4v) is 1.11. The maximum Gasteiger partial charge on any atom is 0.433 e. The highest BCUT2D eigenvalue weighted by Gasteiger charge is 2.32. The van der Waals surface area contributed by atoms with Crippen LogP contribution in [-0.4, -0.2) is 11.6 Å². The maximum absolute atomic E-state index is 12.2. The molecular formula is C9H11F3N2O. The minimum Gasteiger partial charge on any atom is -0.304 e. The summed E-state index contributed by atoms with van der Waals surface area (Å²) in [6.07, 6.45) is -3.21. The van der Waals surface area contributed by atoms with Crippen LogP contribution in [0.1, 0.15) is 24.1 Å². The lowest BCUT2D eigenvalue weighted by atomic mass is 10.0. The van der Waals surface area contributed by atoms with E-state index >= 15 is 0 Å². The Hall–Kier alpha value is -1.14. The van der Waals surface area contributed by atoms with Crippen LogP contribution in [0.15, 0.2) is 18.3 Å². The van der Waals surface area contributed by atoms with Crippen molar-refractivity contribution in [2.24, 2.45) is 5.90 Å². The number of hydrogen-bond donors (Lipinski definition) is 1. The average Bonchev–Trinajstić information content (AvgIpc) is 2.17. The lowest BCUT2D eigenvalue weighted by Gasteiger charge is -2.11. The summed E-state index contributed by atoms with van der Waals surface area (Å²) >= 11 is 0. The largest absolute Gasteiger partial charge is 0.433 e. The summed E-state index contributed by atoms with van der Waals surface area (Å²) in [5.41, 5.74) is -0.236. The molecule has 0 spiro atoms. The van der Waals surface area contributed by atoms with E-state index in [1.807, 2.05) is 0 Å². The van der Waals surface area contributed by atoms with E-state index in [0.29, 0.717) is 5.56 Å². The molecule has 0 aliphatic carbocycles. The summed E-state index contributed by atoms with van der Waals surface area (Å²) in [5.74, 6) is 4.79. The van der Waals surface area contributed by atoms with Gasteiger partial charge in [-0.05, 0) is 11.6 Å². The first-order valence-corrected chi connectivity index (χ1v) is 4.30. The summed E-state index contributed by atoms with van der Waals surface area (Å²) in [6.45, 7) is 2.03. The average molecular weight is 220 g/mol. The van der Waals surface area contributed by atoms with Gasteiger partial charge in [-0.15, -0.1) is 0 Å². The number of rotatable bonds is 3. The van der Waals surface area contributed by atoms with Gasteiger partial charge in [-0.2, -0.15) is 13.2 Å². The molecule has 6 heteroatoms. The molecule has 0 aromatic carbocycles. The predicted octanol–water partition coefficient (Wildman–Crippen LogP) is 2.09. The van der Waals surface area contributed by atoms with Gasteiger partial charge >= 0.3 is 6.18 Å². The Morgan fingerprint density at radius 3 is 2.53 bits per heavy atom. The minimum absolute atomic E-state index is 0.0789. The van der Waals surface area contributed by atoms with Crippen molar-refractivity contribution in [3.05, 3.63) is 29.6 Å². The Kier molecular flexibility index (Phi) is 3.65. The molecule has 0 aliphatic heterocycles. The maximum atomic E-state index is 12.2.